The number of hydrogen-bond acceptors (Lipinski definition) is 6. The van der Waals surface area contributed by atoms with Crippen LogP contribution in [0.2, 0.25) is 0 Å². The number of nitrogens with zero attached hydrogens (tertiary/aromatic N) is 3. The van der Waals surface area contributed by atoms with E-state index < -0.39 is 30.5 Å². The SMILES string of the molecule is CC1=NC=C(NC(=O)C2=CC=CCC2CC(F)(F)F)CC1c1cnc2c(c1)N1CCOCC1CC2O. The van der Waals surface area contributed by atoms with E-state index >= 15 is 0 Å². The number of ether oxygens (including phenoxy) is 1. The Morgan fingerprint density at radius 3 is 3.00 bits per heavy atom. The quantitative estimate of drug-likeness (QED) is 0.648. The maximum absolute atomic E-state index is 13.0. The summed E-state index contributed by atoms with van der Waals surface area (Å²) in [7, 11) is 0. The van der Waals surface area contributed by atoms with Crippen LogP contribution < -0.4 is 10.2 Å². The van der Waals surface area contributed by atoms with Gasteiger partial charge in [-0.1, -0.05) is 18.2 Å². The number of morpholine rings is 1. The van der Waals surface area contributed by atoms with Crippen LogP contribution in [0.3, 0.4) is 0 Å². The number of nitrogens with one attached hydrogen (secondary N) is 1. The Morgan fingerprint density at radius 2 is 2.19 bits per heavy atom. The lowest BCUT2D eigenvalue weighted by molar-refractivity contribution is -0.142. The van der Waals surface area contributed by atoms with E-state index in [9.17, 15) is 23.1 Å². The second-order valence-electron chi connectivity index (χ2n) is 9.78. The lowest BCUT2D eigenvalue weighted by Crippen LogP contribution is -2.49. The second kappa shape index (κ2) is 9.82. The number of aliphatic hydroxyl groups excluding tert-OH is 1. The number of aliphatic imine (C=N–C) groups is 1. The van der Waals surface area contributed by atoms with Crippen molar-refractivity contribution in [2.24, 2.45) is 10.9 Å². The van der Waals surface area contributed by atoms with Crippen LogP contribution in [0.4, 0.5) is 18.9 Å². The van der Waals surface area contributed by atoms with Crippen LogP contribution in [0.25, 0.3) is 0 Å². The minimum atomic E-state index is -4.35. The Kier molecular flexibility index (Phi) is 6.74. The molecule has 7 nitrogen and oxygen atoms in total. The third-order valence-electron chi connectivity index (χ3n) is 7.31. The number of pyridine rings is 1. The van der Waals surface area contributed by atoms with Crippen LogP contribution >= 0.6 is 0 Å². The lowest BCUT2D eigenvalue weighted by atomic mass is 9.86. The number of amides is 1. The molecule has 0 bridgehead atoms. The van der Waals surface area contributed by atoms with Crippen molar-refractivity contribution in [2.45, 2.75) is 56.8 Å². The van der Waals surface area contributed by atoms with Gasteiger partial charge in [-0.15, -0.1) is 0 Å². The van der Waals surface area contributed by atoms with Crippen LogP contribution in [0.15, 0.2) is 53.0 Å². The van der Waals surface area contributed by atoms with Crippen molar-refractivity contribution in [2.75, 3.05) is 24.7 Å². The number of carbonyl (C=O) groups excluding carboxylic acids is 1. The standard InChI is InChI=1S/C26H29F3N4O3/c1-15-21(17-8-22-24(31-12-17)23(34)10-19-14-36-7-6-33(19)22)9-18(13-30-15)32-25(35)20-5-3-2-4-16(20)11-26(27,28)29/h2-3,5,8,12-13,16,19,21,23,34H,4,6-7,9-11,14H2,1H3,(H,32,35). The zero-order valence-electron chi connectivity index (χ0n) is 20.0. The van der Waals surface area contributed by atoms with E-state index in [4.69, 9.17) is 4.74 Å². The molecule has 10 heteroatoms. The number of rotatable bonds is 4. The summed E-state index contributed by atoms with van der Waals surface area (Å²) in [4.78, 5) is 24.2. The molecule has 1 aliphatic carbocycles. The smallest absolute Gasteiger partial charge is 0.387 e. The van der Waals surface area contributed by atoms with Crippen molar-refractivity contribution in [3.8, 4) is 0 Å². The number of aromatic nitrogens is 1. The van der Waals surface area contributed by atoms with Crippen molar-refractivity contribution in [1.82, 2.24) is 10.3 Å². The van der Waals surface area contributed by atoms with Crippen LogP contribution in [-0.4, -0.2) is 53.7 Å². The molecular formula is C26H29F3N4O3. The lowest BCUT2D eigenvalue weighted by Gasteiger charge is -2.43. The number of carbonyl (C=O) groups is 1. The number of fused-ring (bicyclic) bond motifs is 3. The van der Waals surface area contributed by atoms with Gasteiger partial charge in [0.15, 0.2) is 0 Å². The second-order valence-corrected chi connectivity index (χ2v) is 9.78. The molecule has 4 heterocycles. The molecule has 192 valence electrons. The zero-order chi connectivity index (χ0) is 25.4. The van der Waals surface area contributed by atoms with Crippen LogP contribution in [-0.2, 0) is 9.53 Å². The first-order valence-electron chi connectivity index (χ1n) is 12.2. The first-order chi connectivity index (χ1) is 17.2. The molecular weight excluding hydrogens is 473 g/mol. The average Bonchev–Trinajstić information content (AvgIpc) is 2.84. The molecule has 3 aliphatic heterocycles. The Bertz CT molecular complexity index is 1160. The molecule has 0 spiro atoms. The summed E-state index contributed by atoms with van der Waals surface area (Å²) in [6.07, 6.45) is 3.17. The number of allylic oxidation sites excluding steroid dienone is 4. The van der Waals surface area contributed by atoms with E-state index in [-0.39, 0.29) is 24.0 Å². The van der Waals surface area contributed by atoms with E-state index in [1.165, 1.54) is 6.08 Å². The molecule has 1 aromatic rings. The number of halogens is 3. The van der Waals surface area contributed by atoms with E-state index in [2.05, 4.69) is 20.2 Å². The summed E-state index contributed by atoms with van der Waals surface area (Å²) in [6.45, 7) is 3.79. The number of anilines is 1. The van der Waals surface area contributed by atoms with Crippen molar-refractivity contribution in [3.05, 3.63) is 59.2 Å². The minimum absolute atomic E-state index is 0.0941. The summed E-state index contributed by atoms with van der Waals surface area (Å²) in [5, 5.41) is 13.4. The Balaban J connectivity index is 1.33. The third-order valence-corrected chi connectivity index (χ3v) is 7.31. The van der Waals surface area contributed by atoms with Crippen molar-refractivity contribution in [3.63, 3.8) is 0 Å². The Hall–Kier alpha value is -2.98. The van der Waals surface area contributed by atoms with E-state index in [0.717, 1.165) is 23.5 Å². The van der Waals surface area contributed by atoms with Gasteiger partial charge in [-0.25, -0.2) is 0 Å². The molecule has 1 saturated heterocycles. The van der Waals surface area contributed by atoms with Gasteiger partial charge in [0.1, 0.15) is 6.10 Å². The van der Waals surface area contributed by atoms with Gasteiger partial charge in [-0.3, -0.25) is 14.8 Å². The molecule has 1 fully saturated rings. The Labute approximate surface area is 207 Å². The minimum Gasteiger partial charge on any atom is -0.387 e. The number of alkyl halides is 3. The third kappa shape index (κ3) is 5.10. The van der Waals surface area contributed by atoms with Crippen LogP contribution in [0.1, 0.15) is 55.9 Å². The van der Waals surface area contributed by atoms with Gasteiger partial charge in [0.05, 0.1) is 37.1 Å². The van der Waals surface area contributed by atoms with Crippen molar-refractivity contribution in [1.29, 1.82) is 0 Å². The van der Waals surface area contributed by atoms with Gasteiger partial charge >= 0.3 is 6.18 Å². The van der Waals surface area contributed by atoms with Gasteiger partial charge in [0.25, 0.3) is 5.91 Å². The predicted octanol–water partition coefficient (Wildman–Crippen LogP) is 4.08. The monoisotopic (exact) mass is 502 g/mol. The van der Waals surface area contributed by atoms with Crippen LogP contribution in [0.5, 0.6) is 0 Å². The van der Waals surface area contributed by atoms with E-state index in [1.54, 1.807) is 24.5 Å². The molecule has 1 amide bonds. The van der Waals surface area contributed by atoms with E-state index in [0.29, 0.717) is 37.4 Å². The molecule has 4 atom stereocenters. The maximum Gasteiger partial charge on any atom is 0.389 e. The molecule has 0 saturated carbocycles. The molecule has 0 radical (unpaired) electrons. The molecule has 36 heavy (non-hydrogen) atoms. The highest BCUT2D eigenvalue weighted by molar-refractivity contribution is 5.96. The summed E-state index contributed by atoms with van der Waals surface area (Å²) in [5.74, 6) is -1.60. The molecule has 0 aromatic carbocycles. The predicted molar refractivity (Wildman–Crippen MR) is 128 cm³/mol. The van der Waals surface area contributed by atoms with Crippen molar-refractivity contribution >= 4 is 17.3 Å². The highest BCUT2D eigenvalue weighted by Gasteiger charge is 2.37. The largest absolute Gasteiger partial charge is 0.389 e. The number of aliphatic hydroxyl groups is 1. The van der Waals surface area contributed by atoms with Gasteiger partial charge in [-0.2, -0.15) is 13.2 Å². The van der Waals surface area contributed by atoms with Gasteiger partial charge in [-0.05, 0) is 25.0 Å². The molecule has 2 N–H and O–H groups in total. The molecule has 4 unspecified atom stereocenters. The first kappa shape index (κ1) is 24.7. The average molecular weight is 503 g/mol. The van der Waals surface area contributed by atoms with Crippen molar-refractivity contribution < 1.29 is 27.8 Å². The molecule has 5 rings (SSSR count). The zero-order valence-corrected chi connectivity index (χ0v) is 20.0. The summed E-state index contributed by atoms with van der Waals surface area (Å²) in [6, 6.07) is 2.13. The first-order valence-corrected chi connectivity index (χ1v) is 12.2. The van der Waals surface area contributed by atoms with Gasteiger partial charge in [0.2, 0.25) is 0 Å². The highest BCUT2D eigenvalue weighted by Crippen LogP contribution is 2.40. The summed E-state index contributed by atoms with van der Waals surface area (Å²) < 4.78 is 44.7. The van der Waals surface area contributed by atoms with Gasteiger partial charge in [0, 0.05) is 60.6 Å². The fraction of sp³-hybridized carbons (Fsp3) is 0.500. The van der Waals surface area contributed by atoms with Crippen LogP contribution in [0, 0.1) is 5.92 Å². The fourth-order valence-electron chi connectivity index (χ4n) is 5.45. The summed E-state index contributed by atoms with van der Waals surface area (Å²) >= 11 is 0. The maximum atomic E-state index is 13.0. The van der Waals surface area contributed by atoms with E-state index in [1.807, 2.05) is 13.0 Å². The Morgan fingerprint density at radius 1 is 1.36 bits per heavy atom. The topological polar surface area (TPSA) is 87.1 Å². The summed E-state index contributed by atoms with van der Waals surface area (Å²) in [5.41, 5.74) is 3.96. The highest BCUT2D eigenvalue weighted by atomic mass is 19.4. The molecule has 1 aromatic heterocycles. The fourth-order valence-corrected chi connectivity index (χ4v) is 5.45. The normalized spacial score (nSPS) is 27.9. The number of hydrogen-bond donors (Lipinski definition) is 2. The van der Waals surface area contributed by atoms with Gasteiger partial charge < -0.3 is 20.1 Å². The molecule has 4 aliphatic rings.